The molecule has 0 atom stereocenters. The second-order valence-corrected chi connectivity index (χ2v) is 7.31. The van der Waals surface area contributed by atoms with E-state index in [0.29, 0.717) is 56.6 Å². The van der Waals surface area contributed by atoms with Crippen LogP contribution in [0.5, 0.6) is 5.75 Å². The van der Waals surface area contributed by atoms with Crippen LogP contribution in [-0.4, -0.2) is 61.1 Å². The fourth-order valence-corrected chi connectivity index (χ4v) is 3.31. The Balaban J connectivity index is 1.93. The van der Waals surface area contributed by atoms with Crippen molar-refractivity contribution in [3.8, 4) is 5.75 Å². The van der Waals surface area contributed by atoms with Gasteiger partial charge in [-0.3, -0.25) is 14.5 Å². The molecular formula is C21H28N2O4. The number of hydrogen-bond acceptors (Lipinski definition) is 5. The first-order chi connectivity index (χ1) is 13.0. The van der Waals surface area contributed by atoms with Crippen LogP contribution in [0.25, 0.3) is 5.57 Å². The summed E-state index contributed by atoms with van der Waals surface area (Å²) >= 11 is 0. The Morgan fingerprint density at radius 3 is 2.33 bits per heavy atom. The lowest BCUT2D eigenvalue weighted by Gasteiger charge is -2.29. The van der Waals surface area contributed by atoms with E-state index in [1.54, 1.807) is 0 Å². The van der Waals surface area contributed by atoms with E-state index in [4.69, 9.17) is 9.47 Å². The largest absolute Gasteiger partial charge is 0.493 e. The maximum Gasteiger partial charge on any atom is 0.277 e. The van der Waals surface area contributed by atoms with Gasteiger partial charge < -0.3 is 14.4 Å². The van der Waals surface area contributed by atoms with Crippen molar-refractivity contribution in [3.05, 3.63) is 35.5 Å². The van der Waals surface area contributed by atoms with Gasteiger partial charge in [0.05, 0.1) is 25.4 Å². The third kappa shape index (κ3) is 4.16. The molecule has 2 amide bonds. The molecule has 1 fully saturated rings. The van der Waals surface area contributed by atoms with E-state index in [-0.39, 0.29) is 11.8 Å². The van der Waals surface area contributed by atoms with Gasteiger partial charge in [-0.05, 0) is 30.0 Å². The number of nitrogens with zero attached hydrogens (tertiary/aromatic N) is 2. The zero-order valence-corrected chi connectivity index (χ0v) is 16.4. The Bertz CT molecular complexity index is 718. The molecule has 0 radical (unpaired) electrons. The molecule has 6 nitrogen and oxygen atoms in total. The quantitative estimate of drug-likeness (QED) is 0.689. The molecule has 2 aliphatic rings. The molecule has 6 heteroatoms. The maximum absolute atomic E-state index is 13.0. The number of hydrogen-bond donors (Lipinski definition) is 0. The number of carbonyl (C=O) groups excluding carboxylic acids is 2. The van der Waals surface area contributed by atoms with Crippen molar-refractivity contribution >= 4 is 17.4 Å². The zero-order valence-electron chi connectivity index (χ0n) is 16.4. The fraction of sp³-hybridized carbons (Fsp3) is 0.524. The number of rotatable bonds is 7. The zero-order chi connectivity index (χ0) is 19.4. The Morgan fingerprint density at radius 2 is 1.74 bits per heavy atom. The van der Waals surface area contributed by atoms with Crippen LogP contribution in [0.15, 0.2) is 30.0 Å². The molecule has 0 spiro atoms. The molecule has 0 unspecified atom stereocenters. The Labute approximate surface area is 160 Å². The van der Waals surface area contributed by atoms with Gasteiger partial charge in [-0.25, -0.2) is 0 Å². The second-order valence-electron chi connectivity index (χ2n) is 7.31. The standard InChI is InChI=1S/C21H28N2O4/c1-4-9-23-20(24)18(19(21(23)25)22-10-12-26-13-11-22)16-5-7-17(8-6-16)27-14-15(2)3/h5-8,15H,4,9-14H2,1-3H3. The number of benzene rings is 1. The highest BCUT2D eigenvalue weighted by molar-refractivity contribution is 6.35. The number of carbonyl (C=O) groups is 2. The molecule has 0 aromatic heterocycles. The lowest BCUT2D eigenvalue weighted by molar-refractivity contribution is -0.137. The summed E-state index contributed by atoms with van der Waals surface area (Å²) < 4.78 is 11.1. The van der Waals surface area contributed by atoms with Gasteiger partial charge in [-0.15, -0.1) is 0 Å². The highest BCUT2D eigenvalue weighted by Gasteiger charge is 2.41. The topological polar surface area (TPSA) is 59.1 Å². The Kier molecular flexibility index (Phi) is 6.16. The van der Waals surface area contributed by atoms with Gasteiger partial charge >= 0.3 is 0 Å². The van der Waals surface area contributed by atoms with Crippen LogP contribution in [-0.2, 0) is 14.3 Å². The monoisotopic (exact) mass is 372 g/mol. The summed E-state index contributed by atoms with van der Waals surface area (Å²) in [6.45, 7) is 9.60. The van der Waals surface area contributed by atoms with E-state index in [1.165, 1.54) is 4.90 Å². The van der Waals surface area contributed by atoms with Crippen LogP contribution in [0.1, 0.15) is 32.8 Å². The minimum atomic E-state index is -0.209. The van der Waals surface area contributed by atoms with Gasteiger partial charge in [0.15, 0.2) is 0 Å². The molecule has 1 saturated heterocycles. The molecular weight excluding hydrogens is 344 g/mol. The molecule has 2 heterocycles. The minimum absolute atomic E-state index is 0.195. The molecule has 3 rings (SSSR count). The van der Waals surface area contributed by atoms with Gasteiger partial charge in [-0.2, -0.15) is 0 Å². The first-order valence-electron chi connectivity index (χ1n) is 9.69. The van der Waals surface area contributed by atoms with Crippen LogP contribution in [0, 0.1) is 5.92 Å². The normalized spacial score (nSPS) is 18.1. The molecule has 0 aliphatic carbocycles. The van der Waals surface area contributed by atoms with Gasteiger partial charge in [0.25, 0.3) is 11.8 Å². The minimum Gasteiger partial charge on any atom is -0.493 e. The van der Waals surface area contributed by atoms with Crippen molar-refractivity contribution < 1.29 is 19.1 Å². The van der Waals surface area contributed by atoms with Crippen molar-refractivity contribution in [2.45, 2.75) is 27.2 Å². The Morgan fingerprint density at radius 1 is 1.07 bits per heavy atom. The fourth-order valence-electron chi connectivity index (χ4n) is 3.31. The summed E-state index contributed by atoms with van der Waals surface area (Å²) in [4.78, 5) is 29.3. The summed E-state index contributed by atoms with van der Waals surface area (Å²) in [5, 5.41) is 0. The number of imide groups is 1. The van der Waals surface area contributed by atoms with Crippen LogP contribution in [0.3, 0.4) is 0 Å². The van der Waals surface area contributed by atoms with Crippen molar-refractivity contribution in [2.24, 2.45) is 5.92 Å². The summed E-state index contributed by atoms with van der Waals surface area (Å²) in [7, 11) is 0. The maximum atomic E-state index is 13.0. The molecule has 0 saturated carbocycles. The number of ether oxygens (including phenoxy) is 2. The third-order valence-electron chi connectivity index (χ3n) is 4.64. The van der Waals surface area contributed by atoms with E-state index in [1.807, 2.05) is 36.1 Å². The third-order valence-corrected chi connectivity index (χ3v) is 4.64. The van der Waals surface area contributed by atoms with Gasteiger partial charge in [0.2, 0.25) is 0 Å². The van der Waals surface area contributed by atoms with Gasteiger partial charge in [0.1, 0.15) is 11.4 Å². The van der Waals surface area contributed by atoms with E-state index >= 15 is 0 Å². The molecule has 0 N–H and O–H groups in total. The smallest absolute Gasteiger partial charge is 0.277 e. The summed E-state index contributed by atoms with van der Waals surface area (Å²) in [5.74, 6) is 0.804. The molecule has 2 aliphatic heterocycles. The van der Waals surface area contributed by atoms with E-state index < -0.39 is 0 Å². The predicted octanol–water partition coefficient (Wildman–Crippen LogP) is 2.54. The van der Waals surface area contributed by atoms with Crippen LogP contribution < -0.4 is 4.74 Å². The molecule has 1 aromatic carbocycles. The summed E-state index contributed by atoms with van der Waals surface area (Å²) in [6, 6.07) is 7.46. The van der Waals surface area contributed by atoms with Crippen molar-refractivity contribution in [3.63, 3.8) is 0 Å². The SMILES string of the molecule is CCCN1C(=O)C(c2ccc(OCC(C)C)cc2)=C(N2CCOCC2)C1=O. The van der Waals surface area contributed by atoms with E-state index in [2.05, 4.69) is 13.8 Å². The van der Waals surface area contributed by atoms with Crippen LogP contribution in [0.4, 0.5) is 0 Å². The van der Waals surface area contributed by atoms with Crippen LogP contribution >= 0.6 is 0 Å². The van der Waals surface area contributed by atoms with E-state index in [9.17, 15) is 9.59 Å². The van der Waals surface area contributed by atoms with E-state index in [0.717, 1.165) is 17.7 Å². The molecule has 1 aromatic rings. The highest BCUT2D eigenvalue weighted by atomic mass is 16.5. The average Bonchev–Trinajstić information content (AvgIpc) is 2.92. The summed E-state index contributed by atoms with van der Waals surface area (Å²) in [5.41, 5.74) is 1.75. The molecule has 146 valence electrons. The number of morpholine rings is 1. The second kappa shape index (κ2) is 8.57. The first-order valence-corrected chi connectivity index (χ1v) is 9.69. The highest BCUT2D eigenvalue weighted by Crippen LogP contribution is 2.33. The Hall–Kier alpha value is -2.34. The average molecular weight is 372 g/mol. The lowest BCUT2D eigenvalue weighted by atomic mass is 10.0. The first kappa shape index (κ1) is 19.4. The lowest BCUT2D eigenvalue weighted by Crippen LogP contribution is -2.40. The van der Waals surface area contributed by atoms with Crippen LogP contribution in [0.2, 0.25) is 0 Å². The van der Waals surface area contributed by atoms with Gasteiger partial charge in [-0.1, -0.05) is 32.9 Å². The molecule has 27 heavy (non-hydrogen) atoms. The van der Waals surface area contributed by atoms with Gasteiger partial charge in [0, 0.05) is 19.6 Å². The van der Waals surface area contributed by atoms with Crippen molar-refractivity contribution in [1.82, 2.24) is 9.80 Å². The predicted molar refractivity (Wildman–Crippen MR) is 103 cm³/mol. The summed E-state index contributed by atoms with van der Waals surface area (Å²) in [6.07, 6.45) is 0.739. The molecule has 0 bridgehead atoms. The van der Waals surface area contributed by atoms with Crippen molar-refractivity contribution in [1.29, 1.82) is 0 Å². The number of amides is 2. The van der Waals surface area contributed by atoms with Crippen molar-refractivity contribution in [2.75, 3.05) is 39.5 Å².